The molecule has 5 N–H and O–H groups in total. The van der Waals surface area contributed by atoms with E-state index < -0.39 is 0 Å². The van der Waals surface area contributed by atoms with Crippen molar-refractivity contribution in [1.29, 1.82) is 0 Å². The Kier molecular flexibility index (Phi) is 5.31. The van der Waals surface area contributed by atoms with Crippen LogP contribution in [0.4, 0.5) is 5.69 Å². The van der Waals surface area contributed by atoms with E-state index in [0.717, 1.165) is 12.1 Å². The number of nitrogens with two attached hydrogens (primary N) is 2. The van der Waals surface area contributed by atoms with Crippen LogP contribution in [0.5, 0.6) is 0 Å². The molecule has 0 aliphatic rings. The summed E-state index contributed by atoms with van der Waals surface area (Å²) in [5.41, 5.74) is 9.87. The molecule has 0 spiro atoms. The lowest BCUT2D eigenvalue weighted by molar-refractivity contribution is -0.121. The summed E-state index contributed by atoms with van der Waals surface area (Å²) in [7, 11) is 0. The highest BCUT2D eigenvalue weighted by atomic mass is 32.2. The average Bonchev–Trinajstić information content (AvgIpc) is 2.30. The topological polar surface area (TPSA) is 81.1 Å². The van der Waals surface area contributed by atoms with Crippen LogP contribution in [-0.4, -0.2) is 11.2 Å². The molecule has 0 bridgehead atoms. The maximum absolute atomic E-state index is 11.0. The Morgan fingerprint density at radius 1 is 1.53 bits per heavy atom. The molecule has 0 heterocycles. The van der Waals surface area contributed by atoms with Crippen molar-refractivity contribution in [3.8, 4) is 0 Å². The van der Waals surface area contributed by atoms with Crippen molar-refractivity contribution in [2.45, 2.75) is 36.8 Å². The number of thioether (sulfide) groups is 1. The molecule has 0 saturated carbocycles. The standard InChI is InChI=1S/C12H19N3OS/c1-8-3-5-10(13)7-11(8)17-9(2)4-6-12(16)15-14/h3,5,7,9H,4,6,13-14H2,1-2H3,(H,15,16). The molecule has 1 unspecified atom stereocenters. The Labute approximate surface area is 106 Å². The summed E-state index contributed by atoms with van der Waals surface area (Å²) in [6.45, 7) is 4.15. The Morgan fingerprint density at radius 2 is 2.24 bits per heavy atom. The molecule has 1 rings (SSSR count). The van der Waals surface area contributed by atoms with Crippen molar-refractivity contribution < 1.29 is 4.79 Å². The first-order valence-electron chi connectivity index (χ1n) is 5.55. The number of amides is 1. The molecular formula is C12H19N3OS. The fourth-order valence-electron chi connectivity index (χ4n) is 1.43. The van der Waals surface area contributed by atoms with Crippen LogP contribution in [0.2, 0.25) is 0 Å². The van der Waals surface area contributed by atoms with Crippen LogP contribution in [0.1, 0.15) is 25.3 Å². The number of hydrogen-bond donors (Lipinski definition) is 3. The molecule has 17 heavy (non-hydrogen) atoms. The van der Waals surface area contributed by atoms with Crippen LogP contribution in [0.3, 0.4) is 0 Å². The van der Waals surface area contributed by atoms with Crippen molar-refractivity contribution in [2.24, 2.45) is 5.84 Å². The molecule has 4 nitrogen and oxygen atoms in total. The van der Waals surface area contributed by atoms with Gasteiger partial charge in [-0.05, 0) is 31.0 Å². The summed E-state index contributed by atoms with van der Waals surface area (Å²) in [5, 5.41) is 0.354. The zero-order valence-electron chi connectivity index (χ0n) is 10.2. The monoisotopic (exact) mass is 253 g/mol. The second-order valence-corrected chi connectivity index (χ2v) is 5.54. The van der Waals surface area contributed by atoms with E-state index in [1.165, 1.54) is 10.5 Å². The Bertz CT molecular complexity index is 395. The van der Waals surface area contributed by atoms with Crippen molar-refractivity contribution >= 4 is 23.4 Å². The summed E-state index contributed by atoms with van der Waals surface area (Å²) in [6, 6.07) is 5.88. The van der Waals surface area contributed by atoms with E-state index >= 15 is 0 Å². The maximum atomic E-state index is 11.0. The second-order valence-electron chi connectivity index (χ2n) is 4.06. The third-order valence-corrected chi connectivity index (χ3v) is 3.81. The van der Waals surface area contributed by atoms with Crippen molar-refractivity contribution in [3.63, 3.8) is 0 Å². The zero-order chi connectivity index (χ0) is 12.8. The van der Waals surface area contributed by atoms with E-state index in [1.54, 1.807) is 11.8 Å². The highest BCUT2D eigenvalue weighted by molar-refractivity contribution is 8.00. The minimum Gasteiger partial charge on any atom is -0.399 e. The minimum atomic E-state index is -0.123. The number of aryl methyl sites for hydroxylation is 1. The molecule has 0 saturated heterocycles. The van der Waals surface area contributed by atoms with Crippen molar-refractivity contribution in [3.05, 3.63) is 23.8 Å². The van der Waals surface area contributed by atoms with Gasteiger partial charge in [0, 0.05) is 22.3 Å². The zero-order valence-corrected chi connectivity index (χ0v) is 11.0. The van der Waals surface area contributed by atoms with Crippen molar-refractivity contribution in [2.75, 3.05) is 5.73 Å². The Hall–Kier alpha value is -1.20. The molecule has 1 atom stereocenters. The summed E-state index contributed by atoms with van der Waals surface area (Å²) >= 11 is 1.74. The molecule has 0 fully saturated rings. The number of benzene rings is 1. The molecule has 1 aromatic carbocycles. The minimum absolute atomic E-state index is 0.123. The molecule has 0 radical (unpaired) electrons. The number of nitrogen functional groups attached to an aromatic ring is 1. The first-order valence-corrected chi connectivity index (χ1v) is 6.43. The van der Waals surface area contributed by atoms with Gasteiger partial charge in [0.2, 0.25) is 5.91 Å². The summed E-state index contributed by atoms with van der Waals surface area (Å²) < 4.78 is 0. The van der Waals surface area contributed by atoms with Gasteiger partial charge in [0.1, 0.15) is 0 Å². The third-order valence-electron chi connectivity index (χ3n) is 2.48. The van der Waals surface area contributed by atoms with Gasteiger partial charge in [-0.2, -0.15) is 0 Å². The van der Waals surface area contributed by atoms with Gasteiger partial charge in [0.15, 0.2) is 0 Å². The molecule has 1 aromatic rings. The molecule has 5 heteroatoms. The van der Waals surface area contributed by atoms with E-state index in [9.17, 15) is 4.79 Å². The highest BCUT2D eigenvalue weighted by Gasteiger charge is 2.09. The largest absolute Gasteiger partial charge is 0.399 e. The van der Waals surface area contributed by atoms with Gasteiger partial charge in [-0.1, -0.05) is 13.0 Å². The first-order chi connectivity index (χ1) is 8.02. The van der Waals surface area contributed by atoms with Crippen LogP contribution in [0.25, 0.3) is 0 Å². The fraction of sp³-hybridized carbons (Fsp3) is 0.417. The second kappa shape index (κ2) is 6.51. The van der Waals surface area contributed by atoms with Crippen molar-refractivity contribution in [1.82, 2.24) is 5.43 Å². The summed E-state index contributed by atoms with van der Waals surface area (Å²) in [6.07, 6.45) is 1.24. The van der Waals surface area contributed by atoms with E-state index in [4.69, 9.17) is 11.6 Å². The molecule has 1 amide bonds. The number of nitrogens with one attached hydrogen (secondary N) is 1. The van der Waals surface area contributed by atoms with Gasteiger partial charge < -0.3 is 5.73 Å². The fourth-order valence-corrected chi connectivity index (χ4v) is 2.55. The summed E-state index contributed by atoms with van der Waals surface area (Å²) in [4.78, 5) is 12.2. The molecular weight excluding hydrogens is 234 g/mol. The molecule has 0 aromatic heterocycles. The van der Waals surface area contributed by atoms with Gasteiger partial charge >= 0.3 is 0 Å². The Morgan fingerprint density at radius 3 is 2.88 bits per heavy atom. The number of carbonyl (C=O) groups excluding carboxylic acids is 1. The number of anilines is 1. The number of rotatable bonds is 5. The van der Waals surface area contributed by atoms with Gasteiger partial charge in [-0.25, -0.2) is 5.84 Å². The van der Waals surface area contributed by atoms with Crippen LogP contribution in [0, 0.1) is 6.92 Å². The number of hydrogen-bond acceptors (Lipinski definition) is 4. The van der Waals surface area contributed by atoms with E-state index in [0.29, 0.717) is 11.7 Å². The van der Waals surface area contributed by atoms with Crippen LogP contribution >= 0.6 is 11.8 Å². The van der Waals surface area contributed by atoms with Gasteiger partial charge in [-0.15, -0.1) is 11.8 Å². The smallest absolute Gasteiger partial charge is 0.233 e. The average molecular weight is 253 g/mol. The lowest BCUT2D eigenvalue weighted by Gasteiger charge is -2.13. The van der Waals surface area contributed by atoms with E-state index in [2.05, 4.69) is 19.3 Å². The van der Waals surface area contributed by atoms with E-state index in [1.807, 2.05) is 18.2 Å². The van der Waals surface area contributed by atoms with Gasteiger partial charge in [0.25, 0.3) is 0 Å². The molecule has 0 aliphatic carbocycles. The quantitative estimate of drug-likeness (QED) is 0.246. The first kappa shape index (κ1) is 13.9. The maximum Gasteiger partial charge on any atom is 0.233 e. The molecule has 94 valence electrons. The van der Waals surface area contributed by atoms with Crippen LogP contribution in [-0.2, 0) is 4.79 Å². The van der Waals surface area contributed by atoms with Crippen LogP contribution < -0.4 is 17.0 Å². The van der Waals surface area contributed by atoms with E-state index in [-0.39, 0.29) is 5.91 Å². The predicted octanol–water partition coefficient (Wildman–Crippen LogP) is 1.83. The lowest BCUT2D eigenvalue weighted by Crippen LogP contribution is -2.30. The number of hydrazine groups is 1. The summed E-state index contributed by atoms with van der Waals surface area (Å²) in [5.74, 6) is 4.91. The molecule has 0 aliphatic heterocycles. The highest BCUT2D eigenvalue weighted by Crippen LogP contribution is 2.30. The number of carbonyl (C=O) groups is 1. The lowest BCUT2D eigenvalue weighted by atomic mass is 10.2. The van der Waals surface area contributed by atoms with Gasteiger partial charge in [0.05, 0.1) is 0 Å². The van der Waals surface area contributed by atoms with Crippen LogP contribution in [0.15, 0.2) is 23.1 Å². The Balaban J connectivity index is 2.52. The van der Waals surface area contributed by atoms with Gasteiger partial charge in [-0.3, -0.25) is 10.2 Å². The predicted molar refractivity (Wildman–Crippen MR) is 72.5 cm³/mol. The third kappa shape index (κ3) is 4.66. The normalized spacial score (nSPS) is 12.2. The SMILES string of the molecule is Cc1ccc(N)cc1SC(C)CCC(=O)NN.